The Morgan fingerprint density at radius 2 is 1.93 bits per heavy atom. The minimum atomic E-state index is 0.461. The van der Waals surface area contributed by atoms with E-state index >= 15 is 0 Å². The zero-order valence-electron chi connectivity index (χ0n) is 10.1. The molecule has 15 heavy (non-hydrogen) atoms. The van der Waals surface area contributed by atoms with Crippen molar-refractivity contribution in [1.82, 2.24) is 10.6 Å². The zero-order valence-corrected chi connectivity index (χ0v) is 10.1. The van der Waals surface area contributed by atoms with Crippen LogP contribution in [0.3, 0.4) is 0 Å². The normalized spacial score (nSPS) is 34.2. The number of hydrogen-bond donors (Lipinski definition) is 2. The van der Waals surface area contributed by atoms with Crippen LogP contribution in [0.1, 0.15) is 51.9 Å². The van der Waals surface area contributed by atoms with Gasteiger partial charge in [-0.05, 0) is 71.0 Å². The van der Waals surface area contributed by atoms with Gasteiger partial charge < -0.3 is 10.6 Å². The molecule has 0 aliphatic carbocycles. The summed E-state index contributed by atoms with van der Waals surface area (Å²) in [5, 5.41) is 7.17. The summed E-state index contributed by atoms with van der Waals surface area (Å²) in [6, 6.07) is 0. The van der Waals surface area contributed by atoms with Crippen molar-refractivity contribution in [3.05, 3.63) is 0 Å². The Bertz CT molecular complexity index is 179. The second-order valence-electron chi connectivity index (χ2n) is 5.68. The van der Waals surface area contributed by atoms with E-state index in [1.165, 1.54) is 64.6 Å². The van der Waals surface area contributed by atoms with E-state index in [2.05, 4.69) is 17.6 Å². The van der Waals surface area contributed by atoms with E-state index in [1.807, 2.05) is 0 Å². The first-order valence-electron chi connectivity index (χ1n) is 6.74. The fourth-order valence-corrected chi connectivity index (χ4v) is 3.03. The number of rotatable bonds is 3. The van der Waals surface area contributed by atoms with Crippen LogP contribution >= 0.6 is 0 Å². The van der Waals surface area contributed by atoms with Gasteiger partial charge in [-0.1, -0.05) is 6.42 Å². The van der Waals surface area contributed by atoms with Crippen LogP contribution < -0.4 is 10.6 Å². The van der Waals surface area contributed by atoms with E-state index in [4.69, 9.17) is 0 Å². The second kappa shape index (κ2) is 5.31. The first-order chi connectivity index (χ1) is 7.29. The third-order valence-electron chi connectivity index (χ3n) is 4.27. The Balaban J connectivity index is 1.70. The maximum absolute atomic E-state index is 3.72. The molecule has 2 saturated heterocycles. The molecule has 2 rings (SSSR count). The van der Waals surface area contributed by atoms with Gasteiger partial charge in [0.1, 0.15) is 0 Å². The topological polar surface area (TPSA) is 24.1 Å². The molecular formula is C13H26N2. The minimum absolute atomic E-state index is 0.461. The maximum atomic E-state index is 3.72. The lowest BCUT2D eigenvalue weighted by molar-refractivity contribution is 0.227. The van der Waals surface area contributed by atoms with Crippen LogP contribution in [0.25, 0.3) is 0 Å². The molecule has 2 heteroatoms. The molecule has 2 aliphatic heterocycles. The van der Waals surface area contributed by atoms with Crippen LogP contribution in [0, 0.1) is 5.92 Å². The third kappa shape index (κ3) is 3.46. The highest BCUT2D eigenvalue weighted by Crippen LogP contribution is 2.28. The maximum Gasteiger partial charge on any atom is 0.0153 e. The monoisotopic (exact) mass is 210 g/mol. The van der Waals surface area contributed by atoms with Gasteiger partial charge >= 0.3 is 0 Å². The lowest BCUT2D eigenvalue weighted by atomic mass is 9.82. The minimum Gasteiger partial charge on any atom is -0.317 e. The van der Waals surface area contributed by atoms with Gasteiger partial charge in [-0.25, -0.2) is 0 Å². The Morgan fingerprint density at radius 3 is 2.60 bits per heavy atom. The summed E-state index contributed by atoms with van der Waals surface area (Å²) >= 11 is 0. The average molecular weight is 210 g/mol. The molecule has 2 nitrogen and oxygen atoms in total. The summed E-state index contributed by atoms with van der Waals surface area (Å²) in [6.45, 7) is 6.15. The quantitative estimate of drug-likeness (QED) is 0.747. The van der Waals surface area contributed by atoms with Gasteiger partial charge in [0.05, 0.1) is 0 Å². The Kier molecular flexibility index (Phi) is 4.04. The molecule has 2 N–H and O–H groups in total. The summed E-state index contributed by atoms with van der Waals surface area (Å²) in [7, 11) is 0. The van der Waals surface area contributed by atoms with Gasteiger partial charge in [0, 0.05) is 5.54 Å². The number of hydrogen-bond acceptors (Lipinski definition) is 2. The summed E-state index contributed by atoms with van der Waals surface area (Å²) in [5.74, 6) is 0.992. The molecule has 0 aromatic rings. The third-order valence-corrected chi connectivity index (χ3v) is 4.27. The predicted molar refractivity (Wildman–Crippen MR) is 65.1 cm³/mol. The molecule has 0 radical (unpaired) electrons. The second-order valence-corrected chi connectivity index (χ2v) is 5.68. The SMILES string of the molecule is CC1(CCC2CCNCC2)CCCCN1. The predicted octanol–water partition coefficient (Wildman–Crippen LogP) is 2.30. The van der Waals surface area contributed by atoms with Crippen molar-refractivity contribution in [2.75, 3.05) is 19.6 Å². The molecular weight excluding hydrogens is 184 g/mol. The van der Waals surface area contributed by atoms with E-state index in [9.17, 15) is 0 Å². The van der Waals surface area contributed by atoms with Crippen LogP contribution in [0.2, 0.25) is 0 Å². The summed E-state index contributed by atoms with van der Waals surface area (Å²) in [4.78, 5) is 0. The van der Waals surface area contributed by atoms with Crippen LogP contribution in [0.5, 0.6) is 0 Å². The fraction of sp³-hybridized carbons (Fsp3) is 1.00. The zero-order chi connectivity index (χ0) is 10.6. The summed E-state index contributed by atoms with van der Waals surface area (Å²) in [6.07, 6.45) is 9.81. The van der Waals surface area contributed by atoms with Crippen LogP contribution in [-0.2, 0) is 0 Å². The highest BCUT2D eigenvalue weighted by molar-refractivity contribution is 4.87. The van der Waals surface area contributed by atoms with Gasteiger partial charge in [-0.15, -0.1) is 0 Å². The molecule has 0 bridgehead atoms. The number of nitrogens with one attached hydrogen (secondary N) is 2. The molecule has 0 aromatic carbocycles. The van der Waals surface area contributed by atoms with Crippen molar-refractivity contribution < 1.29 is 0 Å². The van der Waals surface area contributed by atoms with Crippen LogP contribution in [0.4, 0.5) is 0 Å². The van der Waals surface area contributed by atoms with E-state index in [0.717, 1.165) is 5.92 Å². The Hall–Kier alpha value is -0.0800. The molecule has 1 unspecified atom stereocenters. The van der Waals surface area contributed by atoms with Gasteiger partial charge in [0.25, 0.3) is 0 Å². The first-order valence-corrected chi connectivity index (χ1v) is 6.74. The van der Waals surface area contributed by atoms with E-state index in [-0.39, 0.29) is 0 Å². The molecule has 2 fully saturated rings. The van der Waals surface area contributed by atoms with Crippen LogP contribution in [0.15, 0.2) is 0 Å². The van der Waals surface area contributed by atoms with Crippen LogP contribution in [-0.4, -0.2) is 25.2 Å². The van der Waals surface area contributed by atoms with Crippen molar-refractivity contribution in [3.63, 3.8) is 0 Å². The summed E-state index contributed by atoms with van der Waals surface area (Å²) in [5.41, 5.74) is 0.461. The van der Waals surface area contributed by atoms with E-state index < -0.39 is 0 Å². The van der Waals surface area contributed by atoms with Crippen molar-refractivity contribution in [2.45, 2.75) is 57.4 Å². The van der Waals surface area contributed by atoms with E-state index in [1.54, 1.807) is 0 Å². The summed E-state index contributed by atoms with van der Waals surface area (Å²) < 4.78 is 0. The molecule has 1 atom stereocenters. The molecule has 0 aromatic heterocycles. The smallest absolute Gasteiger partial charge is 0.0153 e. The lowest BCUT2D eigenvalue weighted by Gasteiger charge is -2.36. The Morgan fingerprint density at radius 1 is 1.13 bits per heavy atom. The molecule has 0 spiro atoms. The number of piperidine rings is 2. The van der Waals surface area contributed by atoms with Crippen molar-refractivity contribution in [3.8, 4) is 0 Å². The fourth-order valence-electron chi connectivity index (χ4n) is 3.03. The molecule has 2 aliphatic rings. The molecule has 88 valence electrons. The van der Waals surface area contributed by atoms with E-state index in [0.29, 0.717) is 5.54 Å². The lowest BCUT2D eigenvalue weighted by Crippen LogP contribution is -2.46. The van der Waals surface area contributed by atoms with Crippen molar-refractivity contribution in [1.29, 1.82) is 0 Å². The standard InChI is InChI=1S/C13H26N2/c1-13(7-2-3-9-15-13)8-4-12-5-10-14-11-6-12/h12,14-15H,2-11H2,1H3. The van der Waals surface area contributed by atoms with Crippen molar-refractivity contribution >= 4 is 0 Å². The van der Waals surface area contributed by atoms with Gasteiger partial charge in [-0.3, -0.25) is 0 Å². The highest BCUT2D eigenvalue weighted by atomic mass is 15.0. The average Bonchev–Trinajstić information content (AvgIpc) is 2.29. The van der Waals surface area contributed by atoms with Gasteiger partial charge in [0.2, 0.25) is 0 Å². The first kappa shape index (κ1) is 11.4. The molecule has 2 heterocycles. The molecule has 0 amide bonds. The van der Waals surface area contributed by atoms with Crippen molar-refractivity contribution in [2.24, 2.45) is 5.92 Å². The highest BCUT2D eigenvalue weighted by Gasteiger charge is 2.27. The van der Waals surface area contributed by atoms with Gasteiger partial charge in [0.15, 0.2) is 0 Å². The molecule has 0 saturated carbocycles. The van der Waals surface area contributed by atoms with Gasteiger partial charge in [-0.2, -0.15) is 0 Å². The largest absolute Gasteiger partial charge is 0.317 e. The Labute approximate surface area is 94.2 Å².